The molecular weight excluding hydrogens is 338 g/mol. The van der Waals surface area contributed by atoms with Crippen LogP contribution in [0.4, 0.5) is 5.82 Å². The molecule has 0 radical (unpaired) electrons. The smallest absolute Gasteiger partial charge is 0.252 e. The molecule has 4 heterocycles. The zero-order valence-corrected chi connectivity index (χ0v) is 14.5. The highest BCUT2D eigenvalue weighted by molar-refractivity contribution is 7.13. The van der Waals surface area contributed by atoms with Crippen LogP contribution in [0.2, 0.25) is 0 Å². The molecule has 8 nitrogen and oxygen atoms in total. The SMILES string of the molecule is Cc1nc(NCCc2csc(-c3ncccn3)n2)c2nc(C)oc2n1. The molecule has 0 aliphatic carbocycles. The molecule has 0 amide bonds. The number of nitrogens with zero attached hydrogens (tertiary/aromatic N) is 6. The molecule has 1 N–H and O–H groups in total. The number of nitrogens with one attached hydrogen (secondary N) is 1. The molecule has 0 unspecified atom stereocenters. The summed E-state index contributed by atoms with van der Waals surface area (Å²) in [5.74, 6) is 2.55. The maximum atomic E-state index is 5.48. The number of hydrogen-bond acceptors (Lipinski definition) is 9. The van der Waals surface area contributed by atoms with Crippen LogP contribution in [0.3, 0.4) is 0 Å². The van der Waals surface area contributed by atoms with E-state index >= 15 is 0 Å². The van der Waals surface area contributed by atoms with Crippen LogP contribution in [-0.4, -0.2) is 36.4 Å². The molecule has 0 saturated carbocycles. The first-order valence-electron chi connectivity index (χ1n) is 7.76. The molecular formula is C16H15N7OS. The summed E-state index contributed by atoms with van der Waals surface area (Å²) in [5.41, 5.74) is 2.14. The van der Waals surface area contributed by atoms with E-state index in [4.69, 9.17) is 4.42 Å². The summed E-state index contributed by atoms with van der Waals surface area (Å²) in [4.78, 5) is 26.0. The van der Waals surface area contributed by atoms with Crippen molar-refractivity contribution in [3.8, 4) is 10.8 Å². The van der Waals surface area contributed by atoms with Crippen molar-refractivity contribution < 1.29 is 4.42 Å². The van der Waals surface area contributed by atoms with Gasteiger partial charge in [0.2, 0.25) is 0 Å². The van der Waals surface area contributed by atoms with Gasteiger partial charge in [-0.3, -0.25) is 0 Å². The molecule has 0 fully saturated rings. The normalized spacial score (nSPS) is 11.1. The predicted octanol–water partition coefficient (Wildman–Crippen LogP) is 2.80. The fourth-order valence-electron chi connectivity index (χ4n) is 2.40. The summed E-state index contributed by atoms with van der Waals surface area (Å²) in [6, 6.07) is 1.79. The third-order valence-electron chi connectivity index (χ3n) is 3.46. The first kappa shape index (κ1) is 15.6. The first-order valence-corrected chi connectivity index (χ1v) is 8.64. The Morgan fingerprint density at radius 1 is 1.08 bits per heavy atom. The van der Waals surface area contributed by atoms with E-state index in [2.05, 4.69) is 35.2 Å². The van der Waals surface area contributed by atoms with Gasteiger partial charge in [-0.2, -0.15) is 4.98 Å². The molecule has 9 heteroatoms. The molecule has 0 saturated heterocycles. The van der Waals surface area contributed by atoms with E-state index in [0.29, 0.717) is 41.1 Å². The van der Waals surface area contributed by atoms with Crippen molar-refractivity contribution in [1.82, 2.24) is 29.9 Å². The summed E-state index contributed by atoms with van der Waals surface area (Å²) in [6.07, 6.45) is 4.19. The summed E-state index contributed by atoms with van der Waals surface area (Å²) in [5, 5.41) is 6.14. The lowest BCUT2D eigenvalue weighted by atomic mass is 10.3. The van der Waals surface area contributed by atoms with E-state index < -0.39 is 0 Å². The lowest BCUT2D eigenvalue weighted by Gasteiger charge is -2.05. The Labute approximate surface area is 147 Å². The monoisotopic (exact) mass is 353 g/mol. The van der Waals surface area contributed by atoms with E-state index in [-0.39, 0.29) is 0 Å². The van der Waals surface area contributed by atoms with Crippen molar-refractivity contribution in [3.63, 3.8) is 0 Å². The number of aryl methyl sites for hydroxylation is 2. The van der Waals surface area contributed by atoms with Gasteiger partial charge in [-0.05, 0) is 13.0 Å². The highest BCUT2D eigenvalue weighted by Crippen LogP contribution is 2.22. The Morgan fingerprint density at radius 3 is 2.76 bits per heavy atom. The fourth-order valence-corrected chi connectivity index (χ4v) is 3.20. The Hall–Kier alpha value is -2.94. The Kier molecular flexibility index (Phi) is 4.06. The average molecular weight is 353 g/mol. The quantitative estimate of drug-likeness (QED) is 0.584. The third-order valence-corrected chi connectivity index (χ3v) is 4.35. The molecule has 4 rings (SSSR count). The molecule has 0 aromatic carbocycles. The first-order chi connectivity index (χ1) is 12.2. The van der Waals surface area contributed by atoms with Gasteiger partial charge in [0, 0.05) is 37.7 Å². The average Bonchev–Trinajstić information content (AvgIpc) is 3.21. The maximum absolute atomic E-state index is 5.48. The number of oxazole rings is 1. The molecule has 0 atom stereocenters. The molecule has 0 spiro atoms. The number of anilines is 1. The van der Waals surface area contributed by atoms with Crippen LogP contribution in [0.25, 0.3) is 22.1 Å². The van der Waals surface area contributed by atoms with Gasteiger partial charge >= 0.3 is 0 Å². The number of thiazole rings is 1. The Bertz CT molecular complexity index is 1010. The zero-order valence-electron chi connectivity index (χ0n) is 13.7. The molecule has 126 valence electrons. The highest BCUT2D eigenvalue weighted by Gasteiger charge is 2.12. The zero-order chi connectivity index (χ0) is 17.2. The van der Waals surface area contributed by atoms with E-state index in [9.17, 15) is 0 Å². The summed E-state index contributed by atoms with van der Waals surface area (Å²) in [7, 11) is 0. The van der Waals surface area contributed by atoms with Crippen molar-refractivity contribution in [2.24, 2.45) is 0 Å². The second kappa shape index (κ2) is 6.52. The number of hydrogen-bond donors (Lipinski definition) is 1. The predicted molar refractivity (Wildman–Crippen MR) is 94.4 cm³/mol. The topological polar surface area (TPSA) is 103 Å². The van der Waals surface area contributed by atoms with Crippen molar-refractivity contribution in [2.75, 3.05) is 11.9 Å². The van der Waals surface area contributed by atoms with E-state index in [1.165, 1.54) is 0 Å². The van der Waals surface area contributed by atoms with Gasteiger partial charge < -0.3 is 9.73 Å². The molecule has 25 heavy (non-hydrogen) atoms. The van der Waals surface area contributed by atoms with Gasteiger partial charge in [-0.25, -0.2) is 24.9 Å². The van der Waals surface area contributed by atoms with E-state index in [1.807, 2.05) is 12.3 Å². The highest BCUT2D eigenvalue weighted by atomic mass is 32.1. The van der Waals surface area contributed by atoms with Crippen molar-refractivity contribution in [3.05, 3.63) is 41.2 Å². The van der Waals surface area contributed by atoms with Gasteiger partial charge in [-0.1, -0.05) is 0 Å². The minimum atomic E-state index is 0.504. The van der Waals surface area contributed by atoms with Crippen LogP contribution in [0.5, 0.6) is 0 Å². The third kappa shape index (κ3) is 3.31. The molecule has 4 aromatic heterocycles. The second-order valence-electron chi connectivity index (χ2n) is 5.40. The summed E-state index contributed by atoms with van der Waals surface area (Å²) < 4.78 is 5.48. The minimum absolute atomic E-state index is 0.504. The van der Waals surface area contributed by atoms with Crippen molar-refractivity contribution >= 4 is 28.4 Å². The van der Waals surface area contributed by atoms with Crippen molar-refractivity contribution in [2.45, 2.75) is 20.3 Å². The van der Waals surface area contributed by atoms with Crippen LogP contribution >= 0.6 is 11.3 Å². The van der Waals surface area contributed by atoms with Crippen LogP contribution in [0, 0.1) is 13.8 Å². The van der Waals surface area contributed by atoms with Gasteiger partial charge in [0.05, 0.1) is 5.69 Å². The Morgan fingerprint density at radius 2 is 1.92 bits per heavy atom. The van der Waals surface area contributed by atoms with Gasteiger partial charge in [-0.15, -0.1) is 11.3 Å². The van der Waals surface area contributed by atoms with Crippen LogP contribution in [0.1, 0.15) is 17.4 Å². The van der Waals surface area contributed by atoms with Gasteiger partial charge in [0.15, 0.2) is 28.1 Å². The molecule has 0 bridgehead atoms. The molecule has 0 aliphatic rings. The fraction of sp³-hybridized carbons (Fsp3) is 0.250. The molecule has 4 aromatic rings. The number of fused-ring (bicyclic) bond motifs is 1. The number of aromatic nitrogens is 6. The summed E-state index contributed by atoms with van der Waals surface area (Å²) >= 11 is 1.54. The van der Waals surface area contributed by atoms with Crippen LogP contribution in [0.15, 0.2) is 28.3 Å². The van der Waals surface area contributed by atoms with Crippen LogP contribution < -0.4 is 5.32 Å². The van der Waals surface area contributed by atoms with Crippen molar-refractivity contribution in [1.29, 1.82) is 0 Å². The minimum Gasteiger partial charge on any atom is -0.422 e. The Balaban J connectivity index is 1.46. The standard InChI is InChI=1S/C16H15N7OS/c1-9-20-13(12-15(21-9)24-10(2)22-12)19-7-4-11-8-25-16(23-11)14-17-5-3-6-18-14/h3,5-6,8H,4,7H2,1-2H3,(H,19,20,21). The summed E-state index contributed by atoms with van der Waals surface area (Å²) in [6.45, 7) is 4.30. The van der Waals surface area contributed by atoms with Gasteiger partial charge in [0.25, 0.3) is 5.71 Å². The number of rotatable bonds is 5. The largest absolute Gasteiger partial charge is 0.422 e. The van der Waals surface area contributed by atoms with E-state index in [0.717, 1.165) is 17.1 Å². The maximum Gasteiger partial charge on any atom is 0.252 e. The van der Waals surface area contributed by atoms with E-state index in [1.54, 1.807) is 36.7 Å². The molecule has 0 aliphatic heterocycles. The van der Waals surface area contributed by atoms with Crippen LogP contribution in [-0.2, 0) is 6.42 Å². The lowest BCUT2D eigenvalue weighted by Crippen LogP contribution is -2.08. The second-order valence-corrected chi connectivity index (χ2v) is 6.26. The lowest BCUT2D eigenvalue weighted by molar-refractivity contribution is 0.550. The van der Waals surface area contributed by atoms with Gasteiger partial charge in [0.1, 0.15) is 5.82 Å².